The fourth-order valence-electron chi connectivity index (χ4n) is 5.93. The van der Waals surface area contributed by atoms with Gasteiger partial charge in [-0.2, -0.15) is 0 Å². The van der Waals surface area contributed by atoms with Crippen LogP contribution in [0.1, 0.15) is 51.9 Å². The minimum absolute atomic E-state index is 0.0239. The first-order valence-electron chi connectivity index (χ1n) is 12.6. The third kappa shape index (κ3) is 6.69. The molecular weight excluding hydrogens is 450 g/mol. The molecule has 188 valence electrons. The van der Waals surface area contributed by atoms with Gasteiger partial charge in [-0.15, -0.1) is 11.6 Å². The van der Waals surface area contributed by atoms with Crippen LogP contribution in [0.4, 0.5) is 8.78 Å². The molecule has 3 aliphatic heterocycles. The number of nitrogens with zero attached hydrogens (tertiary/aromatic N) is 1. The minimum Gasteiger partial charge on any atom is -0.356 e. The van der Waals surface area contributed by atoms with E-state index in [1.54, 1.807) is 0 Å². The maximum Gasteiger partial charge on any atom is 0.237 e. The van der Waals surface area contributed by atoms with E-state index in [9.17, 15) is 13.6 Å². The number of alkyl halides is 3. The van der Waals surface area contributed by atoms with E-state index in [-0.39, 0.29) is 35.9 Å². The van der Waals surface area contributed by atoms with Crippen LogP contribution in [0.5, 0.6) is 0 Å². The Morgan fingerprint density at radius 2 is 1.94 bits per heavy atom. The molecule has 3 fully saturated rings. The Morgan fingerprint density at radius 1 is 1.09 bits per heavy atom. The molecule has 2 saturated heterocycles. The first-order valence-corrected chi connectivity index (χ1v) is 13.1. The number of aliphatic imine (C=N–C) groups is 1. The molecule has 0 spiro atoms. The molecule has 0 aromatic carbocycles. The third-order valence-corrected chi connectivity index (χ3v) is 8.33. The highest BCUT2D eigenvalue weighted by Gasteiger charge is 2.40. The summed E-state index contributed by atoms with van der Waals surface area (Å²) in [5.74, 6) is 1.50. The number of hydrogen-bond donors (Lipinski definition) is 5. The first-order chi connectivity index (χ1) is 15.9. The van der Waals surface area contributed by atoms with Crippen LogP contribution in [-0.4, -0.2) is 74.0 Å². The lowest BCUT2D eigenvalue weighted by Crippen LogP contribution is -2.60. The van der Waals surface area contributed by atoms with Gasteiger partial charge in [0, 0.05) is 31.7 Å². The minimum atomic E-state index is -0.998. The number of halogens is 3. The predicted octanol–water partition coefficient (Wildman–Crippen LogP) is 1.82. The molecule has 9 atom stereocenters. The van der Waals surface area contributed by atoms with Crippen molar-refractivity contribution in [3.63, 3.8) is 0 Å². The molecule has 3 heterocycles. The van der Waals surface area contributed by atoms with Crippen molar-refractivity contribution in [2.24, 2.45) is 22.7 Å². The summed E-state index contributed by atoms with van der Waals surface area (Å²) in [5.41, 5.74) is 0. The molecule has 9 unspecified atom stereocenters. The van der Waals surface area contributed by atoms with Crippen molar-refractivity contribution < 1.29 is 13.6 Å². The fraction of sp³-hybridized carbons (Fsp3) is 0.913. The fourth-order valence-corrected chi connectivity index (χ4v) is 6.16. The molecule has 1 saturated carbocycles. The van der Waals surface area contributed by atoms with E-state index in [2.05, 4.69) is 31.6 Å². The standard InChI is InChI=1S/C23H39ClF2N6O/c1-13-16(3-5-21(26)31-13)19-9-15(12-30-23-27-6-7-28-23)10-20(32-19)22(33)29-11-14-2-4-17(24)18(25)8-14/h13-21,31-32H,2-12H2,1H3,(H,29,33)(H2,27,28,30). The Kier molecular flexibility index (Phi) is 8.68. The van der Waals surface area contributed by atoms with Gasteiger partial charge >= 0.3 is 0 Å². The number of nitrogens with one attached hydrogen (secondary N) is 5. The maximum absolute atomic E-state index is 14.0. The molecule has 1 aliphatic carbocycles. The number of amides is 1. The van der Waals surface area contributed by atoms with Gasteiger partial charge in [0.15, 0.2) is 12.3 Å². The van der Waals surface area contributed by atoms with Crippen molar-refractivity contribution >= 4 is 23.5 Å². The summed E-state index contributed by atoms with van der Waals surface area (Å²) in [7, 11) is 0. The SMILES string of the molecule is CC1NC(F)CCC1C1CC(CNC2=NCCN2)CC(C(=O)NCC2CCC(Cl)C(F)C2)N1. The van der Waals surface area contributed by atoms with Crippen LogP contribution in [0, 0.1) is 17.8 Å². The van der Waals surface area contributed by atoms with Crippen LogP contribution in [0.2, 0.25) is 0 Å². The summed E-state index contributed by atoms with van der Waals surface area (Å²) in [4.78, 5) is 17.5. The van der Waals surface area contributed by atoms with E-state index in [1.165, 1.54) is 0 Å². The summed E-state index contributed by atoms with van der Waals surface area (Å²) in [6, 6.07) is -0.124. The lowest BCUT2D eigenvalue weighted by molar-refractivity contribution is -0.125. The van der Waals surface area contributed by atoms with Crippen LogP contribution in [0.3, 0.4) is 0 Å². The van der Waals surface area contributed by atoms with Crippen molar-refractivity contribution in [1.29, 1.82) is 0 Å². The maximum atomic E-state index is 14.0. The number of guanidine groups is 1. The molecule has 1 amide bonds. The van der Waals surface area contributed by atoms with Gasteiger partial charge in [-0.3, -0.25) is 15.1 Å². The van der Waals surface area contributed by atoms with Gasteiger partial charge in [-0.05, 0) is 69.6 Å². The van der Waals surface area contributed by atoms with E-state index in [1.807, 2.05) is 6.92 Å². The zero-order valence-corrected chi connectivity index (χ0v) is 20.2. The van der Waals surface area contributed by atoms with Gasteiger partial charge in [0.2, 0.25) is 5.91 Å². The van der Waals surface area contributed by atoms with Gasteiger partial charge < -0.3 is 21.3 Å². The number of rotatable bonds is 6. The van der Waals surface area contributed by atoms with E-state index in [0.717, 1.165) is 51.3 Å². The van der Waals surface area contributed by atoms with Crippen molar-refractivity contribution in [3.05, 3.63) is 0 Å². The largest absolute Gasteiger partial charge is 0.356 e. The van der Waals surface area contributed by atoms with Crippen molar-refractivity contribution in [2.75, 3.05) is 26.2 Å². The van der Waals surface area contributed by atoms with E-state index in [4.69, 9.17) is 11.6 Å². The second-order valence-corrected chi connectivity index (χ2v) is 10.9. The first kappa shape index (κ1) is 24.9. The van der Waals surface area contributed by atoms with Crippen LogP contribution in [0.15, 0.2) is 4.99 Å². The highest BCUT2D eigenvalue weighted by molar-refractivity contribution is 6.21. The molecule has 0 radical (unpaired) electrons. The highest BCUT2D eigenvalue weighted by Crippen LogP contribution is 2.32. The summed E-state index contributed by atoms with van der Waals surface area (Å²) < 4.78 is 27.8. The molecule has 33 heavy (non-hydrogen) atoms. The molecule has 7 nitrogen and oxygen atoms in total. The summed E-state index contributed by atoms with van der Waals surface area (Å²) in [5, 5.41) is 15.9. The van der Waals surface area contributed by atoms with Gasteiger partial charge in [-0.1, -0.05) is 0 Å². The Bertz CT molecular complexity index is 700. The summed E-state index contributed by atoms with van der Waals surface area (Å²) in [6.07, 6.45) is 2.91. The highest BCUT2D eigenvalue weighted by atomic mass is 35.5. The monoisotopic (exact) mass is 488 g/mol. The number of piperidine rings is 2. The Hall–Kier alpha value is -1.19. The van der Waals surface area contributed by atoms with Crippen molar-refractivity contribution in [1.82, 2.24) is 26.6 Å². The summed E-state index contributed by atoms with van der Waals surface area (Å²) >= 11 is 6.00. The van der Waals surface area contributed by atoms with Crippen LogP contribution >= 0.6 is 11.6 Å². The quantitative estimate of drug-likeness (QED) is 0.291. The van der Waals surface area contributed by atoms with Gasteiger partial charge in [0.25, 0.3) is 0 Å². The molecule has 10 heteroatoms. The predicted molar refractivity (Wildman–Crippen MR) is 127 cm³/mol. The third-order valence-electron chi connectivity index (χ3n) is 7.84. The summed E-state index contributed by atoms with van der Waals surface area (Å²) in [6.45, 7) is 4.90. The smallest absolute Gasteiger partial charge is 0.237 e. The second kappa shape index (κ2) is 11.5. The van der Waals surface area contributed by atoms with Crippen LogP contribution in [0.25, 0.3) is 0 Å². The van der Waals surface area contributed by atoms with Gasteiger partial charge in [0.1, 0.15) is 6.17 Å². The lowest BCUT2D eigenvalue weighted by Gasteiger charge is -2.44. The topological polar surface area (TPSA) is 89.6 Å². The van der Waals surface area contributed by atoms with Gasteiger partial charge in [-0.25, -0.2) is 8.78 Å². The van der Waals surface area contributed by atoms with Gasteiger partial charge in [0.05, 0.1) is 18.0 Å². The molecule has 0 bridgehead atoms. The zero-order valence-electron chi connectivity index (χ0n) is 19.5. The average molecular weight is 489 g/mol. The second-order valence-electron chi connectivity index (χ2n) is 10.3. The molecule has 0 aromatic rings. The van der Waals surface area contributed by atoms with E-state index < -0.39 is 17.8 Å². The number of carbonyl (C=O) groups excluding carboxylic acids is 1. The molecule has 4 rings (SSSR count). The van der Waals surface area contributed by atoms with Crippen molar-refractivity contribution in [2.45, 2.75) is 87.8 Å². The Morgan fingerprint density at radius 3 is 2.67 bits per heavy atom. The Balaban J connectivity index is 1.35. The van der Waals surface area contributed by atoms with Crippen LogP contribution in [-0.2, 0) is 4.79 Å². The van der Waals surface area contributed by atoms with E-state index in [0.29, 0.717) is 31.7 Å². The lowest BCUT2D eigenvalue weighted by atomic mass is 9.76. The number of hydrogen-bond acceptors (Lipinski definition) is 6. The molecule has 5 N–H and O–H groups in total. The molecule has 0 aromatic heterocycles. The van der Waals surface area contributed by atoms with Crippen molar-refractivity contribution in [3.8, 4) is 0 Å². The average Bonchev–Trinajstić information content (AvgIpc) is 3.32. The van der Waals surface area contributed by atoms with E-state index >= 15 is 0 Å². The van der Waals surface area contributed by atoms with Crippen LogP contribution < -0.4 is 26.6 Å². The Labute approximate surface area is 200 Å². The number of carbonyl (C=O) groups is 1. The molecule has 4 aliphatic rings. The zero-order chi connectivity index (χ0) is 23.4. The molecular formula is C23H39ClF2N6O. The normalized spacial score (nSPS) is 41.7.